The minimum atomic E-state index is -0.287. The van der Waals surface area contributed by atoms with E-state index < -0.39 is 0 Å². The van der Waals surface area contributed by atoms with Crippen LogP contribution in [-0.4, -0.2) is 42.4 Å². The van der Waals surface area contributed by atoms with Gasteiger partial charge in [0.1, 0.15) is 18.0 Å². The second-order valence-electron chi connectivity index (χ2n) is 4.56. The van der Waals surface area contributed by atoms with E-state index in [9.17, 15) is 4.79 Å². The van der Waals surface area contributed by atoms with Gasteiger partial charge in [0.15, 0.2) is 0 Å². The maximum Gasteiger partial charge on any atom is 0.290 e. The van der Waals surface area contributed by atoms with Crippen LogP contribution in [0.2, 0.25) is 0 Å². The van der Waals surface area contributed by atoms with Crippen LogP contribution in [0.4, 0.5) is 0 Å². The second kappa shape index (κ2) is 5.59. The number of carbonyl (C=O) groups is 1. The minimum Gasteiger partial charge on any atom is -0.349 e. The lowest BCUT2D eigenvalue weighted by molar-refractivity contribution is 0.0944. The van der Waals surface area contributed by atoms with Crippen molar-refractivity contribution < 1.29 is 4.79 Å². The molecule has 0 saturated carbocycles. The maximum atomic E-state index is 11.8. The lowest BCUT2D eigenvalue weighted by Crippen LogP contribution is -2.27. The van der Waals surface area contributed by atoms with Crippen LogP contribution in [0.1, 0.15) is 42.0 Å². The number of hydrogen-bond donors (Lipinski definition) is 2. The molecule has 0 aromatic carbocycles. The quantitative estimate of drug-likeness (QED) is 0.792. The summed E-state index contributed by atoms with van der Waals surface area (Å²) in [4.78, 5) is 15.9. The predicted molar refractivity (Wildman–Crippen MR) is 67.5 cm³/mol. The molecule has 2 aromatic heterocycles. The Morgan fingerprint density at radius 3 is 2.89 bits per heavy atom. The number of aromatic nitrogens is 6. The van der Waals surface area contributed by atoms with Gasteiger partial charge in [-0.1, -0.05) is 13.8 Å². The molecule has 0 aliphatic rings. The van der Waals surface area contributed by atoms with E-state index in [-0.39, 0.29) is 17.6 Å². The monoisotopic (exact) mass is 263 g/mol. The fraction of sp³-hybridized carbons (Fsp3) is 0.545. The molecule has 0 atom stereocenters. The molecular formula is C11H17N7O. The first-order chi connectivity index (χ1) is 9.08. The molecule has 0 aliphatic heterocycles. The summed E-state index contributed by atoms with van der Waals surface area (Å²) in [7, 11) is 1.86. The van der Waals surface area contributed by atoms with Crippen molar-refractivity contribution in [2.75, 3.05) is 6.54 Å². The third-order valence-electron chi connectivity index (χ3n) is 2.69. The third kappa shape index (κ3) is 3.15. The van der Waals surface area contributed by atoms with Crippen molar-refractivity contribution in [3.8, 4) is 0 Å². The highest BCUT2D eigenvalue weighted by atomic mass is 16.2. The number of H-pyrrole nitrogens is 1. The molecule has 0 bridgehead atoms. The van der Waals surface area contributed by atoms with Gasteiger partial charge in [0.2, 0.25) is 5.82 Å². The van der Waals surface area contributed by atoms with Crippen molar-refractivity contribution in [3.05, 3.63) is 23.8 Å². The molecule has 2 heterocycles. The van der Waals surface area contributed by atoms with Gasteiger partial charge in [-0.2, -0.15) is 0 Å². The highest BCUT2D eigenvalue weighted by Crippen LogP contribution is 2.07. The van der Waals surface area contributed by atoms with Crippen LogP contribution >= 0.6 is 0 Å². The number of aryl methyl sites for hydroxylation is 1. The molecule has 0 radical (unpaired) electrons. The Morgan fingerprint density at radius 2 is 2.32 bits per heavy atom. The smallest absolute Gasteiger partial charge is 0.290 e. The van der Waals surface area contributed by atoms with Crippen LogP contribution in [-0.2, 0) is 13.5 Å². The Labute approximate surface area is 110 Å². The zero-order chi connectivity index (χ0) is 13.8. The van der Waals surface area contributed by atoms with Crippen molar-refractivity contribution in [1.82, 2.24) is 35.3 Å². The van der Waals surface area contributed by atoms with Crippen LogP contribution < -0.4 is 5.32 Å². The number of amides is 1. The van der Waals surface area contributed by atoms with E-state index >= 15 is 0 Å². The van der Waals surface area contributed by atoms with Gasteiger partial charge in [-0.3, -0.25) is 9.89 Å². The van der Waals surface area contributed by atoms with Gasteiger partial charge in [0.25, 0.3) is 5.91 Å². The molecular weight excluding hydrogens is 246 g/mol. The second-order valence-corrected chi connectivity index (χ2v) is 4.56. The van der Waals surface area contributed by atoms with Crippen LogP contribution in [0.5, 0.6) is 0 Å². The summed E-state index contributed by atoms with van der Waals surface area (Å²) in [5, 5.41) is 17.1. The maximum absolute atomic E-state index is 11.8. The van der Waals surface area contributed by atoms with Gasteiger partial charge in [-0.15, -0.1) is 15.3 Å². The minimum absolute atomic E-state index is 0.168. The van der Waals surface area contributed by atoms with Crippen molar-refractivity contribution in [2.24, 2.45) is 7.05 Å². The highest BCUT2D eigenvalue weighted by molar-refractivity contribution is 5.90. The zero-order valence-corrected chi connectivity index (χ0v) is 11.2. The topological polar surface area (TPSA) is 101 Å². The van der Waals surface area contributed by atoms with Gasteiger partial charge in [-0.05, 0) is 0 Å². The average Bonchev–Trinajstić information content (AvgIpc) is 2.98. The van der Waals surface area contributed by atoms with Crippen LogP contribution in [0.3, 0.4) is 0 Å². The summed E-state index contributed by atoms with van der Waals surface area (Å²) in [6.45, 7) is 4.43. The molecule has 0 fully saturated rings. The molecule has 2 aromatic rings. The summed E-state index contributed by atoms with van der Waals surface area (Å²) in [6.07, 6.45) is 2.24. The van der Waals surface area contributed by atoms with Gasteiger partial charge < -0.3 is 9.88 Å². The lowest BCUT2D eigenvalue weighted by atomic mass is 10.2. The van der Waals surface area contributed by atoms with Crippen molar-refractivity contribution >= 4 is 5.91 Å². The molecule has 1 amide bonds. The van der Waals surface area contributed by atoms with Crippen LogP contribution in [0.25, 0.3) is 0 Å². The van der Waals surface area contributed by atoms with E-state index in [1.165, 1.54) is 0 Å². The SMILES string of the molecule is CC(C)c1nc(C(=O)NCCc2nncn2C)n[nH]1. The Hall–Kier alpha value is -2.25. The summed E-state index contributed by atoms with van der Waals surface area (Å²) >= 11 is 0. The van der Waals surface area contributed by atoms with E-state index in [4.69, 9.17) is 0 Å². The molecule has 8 nitrogen and oxygen atoms in total. The zero-order valence-electron chi connectivity index (χ0n) is 11.2. The standard InChI is InChI=1S/C11H17N7O/c1-7(2)9-14-10(17-16-9)11(19)12-5-4-8-15-13-6-18(8)3/h6-7H,4-5H2,1-3H3,(H,12,19)(H,14,16,17). The third-order valence-corrected chi connectivity index (χ3v) is 2.69. The molecule has 0 spiro atoms. The molecule has 2 N–H and O–H groups in total. The summed E-state index contributed by atoms with van der Waals surface area (Å²) in [5.41, 5.74) is 0. The average molecular weight is 263 g/mol. The molecule has 0 aliphatic carbocycles. The first-order valence-electron chi connectivity index (χ1n) is 6.11. The molecule has 0 saturated heterocycles. The van der Waals surface area contributed by atoms with E-state index in [0.29, 0.717) is 18.8 Å². The summed E-state index contributed by atoms with van der Waals surface area (Å²) < 4.78 is 1.82. The normalized spacial score (nSPS) is 10.9. The largest absolute Gasteiger partial charge is 0.349 e. The number of hydrogen-bond acceptors (Lipinski definition) is 5. The van der Waals surface area contributed by atoms with Gasteiger partial charge in [0, 0.05) is 25.9 Å². The number of aromatic amines is 1. The van der Waals surface area contributed by atoms with Crippen molar-refractivity contribution in [1.29, 1.82) is 0 Å². The molecule has 8 heteroatoms. The van der Waals surface area contributed by atoms with Gasteiger partial charge in [-0.25, -0.2) is 4.98 Å². The first-order valence-corrected chi connectivity index (χ1v) is 6.11. The lowest BCUT2D eigenvalue weighted by Gasteiger charge is -2.02. The van der Waals surface area contributed by atoms with Gasteiger partial charge in [0.05, 0.1) is 0 Å². The highest BCUT2D eigenvalue weighted by Gasteiger charge is 2.13. The Morgan fingerprint density at radius 1 is 1.53 bits per heavy atom. The molecule has 2 rings (SSSR count). The number of carbonyl (C=O) groups excluding carboxylic acids is 1. The van der Waals surface area contributed by atoms with Gasteiger partial charge >= 0.3 is 0 Å². The summed E-state index contributed by atoms with van der Waals surface area (Å²) in [6, 6.07) is 0. The van der Waals surface area contributed by atoms with E-state index in [2.05, 4.69) is 30.7 Å². The number of nitrogens with one attached hydrogen (secondary N) is 2. The molecule has 0 unspecified atom stereocenters. The fourth-order valence-electron chi connectivity index (χ4n) is 1.53. The van der Waals surface area contributed by atoms with E-state index in [1.807, 2.05) is 25.5 Å². The van der Waals surface area contributed by atoms with Crippen LogP contribution in [0, 0.1) is 0 Å². The summed E-state index contributed by atoms with van der Waals surface area (Å²) in [5.74, 6) is 1.62. The molecule has 102 valence electrons. The van der Waals surface area contributed by atoms with Crippen molar-refractivity contribution in [3.63, 3.8) is 0 Å². The number of nitrogens with zero attached hydrogens (tertiary/aromatic N) is 5. The number of rotatable bonds is 5. The van der Waals surface area contributed by atoms with Crippen LogP contribution in [0.15, 0.2) is 6.33 Å². The first kappa shape index (κ1) is 13.2. The Bertz CT molecular complexity index is 557. The van der Waals surface area contributed by atoms with E-state index in [0.717, 1.165) is 5.82 Å². The predicted octanol–water partition coefficient (Wildman–Crippen LogP) is 0.0291. The van der Waals surface area contributed by atoms with Crippen molar-refractivity contribution in [2.45, 2.75) is 26.2 Å². The Kier molecular flexibility index (Phi) is 3.88. The fourth-order valence-corrected chi connectivity index (χ4v) is 1.53. The Balaban J connectivity index is 1.85. The molecule has 19 heavy (non-hydrogen) atoms. The van der Waals surface area contributed by atoms with E-state index in [1.54, 1.807) is 6.33 Å².